The summed E-state index contributed by atoms with van der Waals surface area (Å²) in [7, 11) is 0. The minimum absolute atomic E-state index is 0.00844. The molecule has 0 radical (unpaired) electrons. The number of aliphatic hydroxyl groups is 1. The Morgan fingerprint density at radius 1 is 1.03 bits per heavy atom. The van der Waals surface area contributed by atoms with E-state index in [0.717, 1.165) is 18.7 Å². The number of likely N-dealkylation sites (N-methyl/N-ethyl adjacent to an activating group) is 1. The highest BCUT2D eigenvalue weighted by molar-refractivity contribution is 6.10. The van der Waals surface area contributed by atoms with Crippen LogP contribution in [0.4, 0.5) is 0 Å². The molecule has 1 amide bonds. The normalized spacial score (nSPS) is 18.0. The predicted octanol–water partition coefficient (Wildman–Crippen LogP) is 4.64. The van der Waals surface area contributed by atoms with Gasteiger partial charge in [-0.05, 0) is 29.6 Å². The summed E-state index contributed by atoms with van der Waals surface area (Å²) < 4.78 is 0. The first kappa shape index (κ1) is 24.1. The molecule has 1 aliphatic heterocycles. The second-order valence-corrected chi connectivity index (χ2v) is 10.1. The number of aliphatic hydroxyl groups excluding tert-OH is 1. The third kappa shape index (κ3) is 4.94. The molecule has 1 heterocycles. The molecule has 0 bridgehead atoms. The monoisotopic (exact) mass is 414 g/mol. The first-order chi connectivity index (χ1) is 13.8. The third-order valence-corrected chi connectivity index (χ3v) is 5.87. The molecular formula is C25H38N2O3. The van der Waals surface area contributed by atoms with Gasteiger partial charge in [0, 0.05) is 18.5 Å². The van der Waals surface area contributed by atoms with Crippen LogP contribution >= 0.6 is 0 Å². The number of carbonyl (C=O) groups is 2. The van der Waals surface area contributed by atoms with Gasteiger partial charge in [0.25, 0.3) is 5.91 Å². The minimum Gasteiger partial charge on any atom is -0.503 e. The summed E-state index contributed by atoms with van der Waals surface area (Å²) in [6.45, 7) is 19.0. The highest BCUT2D eigenvalue weighted by atomic mass is 16.3. The maximum absolute atomic E-state index is 13.2. The quantitative estimate of drug-likeness (QED) is 0.706. The molecular weight excluding hydrogens is 376 g/mol. The highest BCUT2D eigenvalue weighted by Crippen LogP contribution is 2.41. The molecule has 166 valence electrons. The lowest BCUT2D eigenvalue weighted by Gasteiger charge is -2.31. The number of nitrogens with zero attached hydrogens (tertiary/aromatic N) is 2. The van der Waals surface area contributed by atoms with Crippen LogP contribution in [0.25, 0.3) is 0 Å². The number of amides is 1. The van der Waals surface area contributed by atoms with Crippen LogP contribution in [0, 0.1) is 5.41 Å². The standard InChI is InChI=1S/C25H38N2O3/c1-9-26(10-2)15-16-27-20(17-11-13-18(14-12-17)24(3,4)5)19(21(28)23(27)30)22(29)25(6,7)8/h11-14,20,28H,9-10,15-16H2,1-8H3. The molecule has 0 saturated carbocycles. The maximum atomic E-state index is 13.2. The molecule has 0 fully saturated rings. The summed E-state index contributed by atoms with van der Waals surface area (Å²) in [5, 5.41) is 10.7. The predicted molar refractivity (Wildman–Crippen MR) is 122 cm³/mol. The average Bonchev–Trinajstić information content (AvgIpc) is 2.91. The fourth-order valence-corrected chi connectivity index (χ4v) is 3.82. The van der Waals surface area contributed by atoms with Gasteiger partial charge in [0.15, 0.2) is 11.5 Å². The van der Waals surface area contributed by atoms with Gasteiger partial charge in [0.1, 0.15) is 0 Å². The van der Waals surface area contributed by atoms with Crippen molar-refractivity contribution in [3.63, 3.8) is 0 Å². The molecule has 5 heteroatoms. The van der Waals surface area contributed by atoms with E-state index in [-0.39, 0.29) is 16.8 Å². The topological polar surface area (TPSA) is 60.9 Å². The maximum Gasteiger partial charge on any atom is 0.290 e. The Labute approximate surface area is 181 Å². The molecule has 1 aliphatic rings. The summed E-state index contributed by atoms with van der Waals surface area (Å²) in [4.78, 5) is 30.1. The summed E-state index contributed by atoms with van der Waals surface area (Å²) in [6.07, 6.45) is 0. The van der Waals surface area contributed by atoms with E-state index in [0.29, 0.717) is 13.1 Å². The van der Waals surface area contributed by atoms with E-state index in [9.17, 15) is 14.7 Å². The number of benzene rings is 1. The van der Waals surface area contributed by atoms with Crippen LogP contribution in [0.5, 0.6) is 0 Å². The smallest absolute Gasteiger partial charge is 0.290 e. The highest BCUT2D eigenvalue weighted by Gasteiger charge is 2.45. The van der Waals surface area contributed by atoms with Gasteiger partial charge in [-0.3, -0.25) is 9.59 Å². The molecule has 1 N–H and O–H groups in total. The van der Waals surface area contributed by atoms with E-state index in [1.165, 1.54) is 5.56 Å². The van der Waals surface area contributed by atoms with Gasteiger partial charge in [-0.1, -0.05) is 79.7 Å². The van der Waals surface area contributed by atoms with Crippen molar-refractivity contribution in [2.75, 3.05) is 26.2 Å². The van der Waals surface area contributed by atoms with E-state index in [1.54, 1.807) is 4.90 Å². The van der Waals surface area contributed by atoms with Crippen LogP contribution in [-0.2, 0) is 15.0 Å². The third-order valence-electron chi connectivity index (χ3n) is 5.87. The molecule has 0 aromatic heterocycles. The molecule has 5 nitrogen and oxygen atoms in total. The van der Waals surface area contributed by atoms with E-state index in [4.69, 9.17) is 0 Å². The van der Waals surface area contributed by atoms with Crippen molar-refractivity contribution in [1.82, 2.24) is 9.80 Å². The molecule has 0 spiro atoms. The number of hydrogen-bond acceptors (Lipinski definition) is 4. The van der Waals surface area contributed by atoms with E-state index < -0.39 is 23.1 Å². The van der Waals surface area contributed by atoms with Gasteiger partial charge < -0.3 is 14.9 Å². The second kappa shape index (κ2) is 8.93. The van der Waals surface area contributed by atoms with E-state index in [1.807, 2.05) is 32.9 Å². The summed E-state index contributed by atoms with van der Waals surface area (Å²) in [5.41, 5.74) is 1.57. The minimum atomic E-state index is -0.692. The first-order valence-electron chi connectivity index (χ1n) is 10.9. The average molecular weight is 415 g/mol. The van der Waals surface area contributed by atoms with Crippen molar-refractivity contribution in [3.05, 3.63) is 46.7 Å². The lowest BCUT2D eigenvalue weighted by atomic mass is 9.81. The van der Waals surface area contributed by atoms with Crippen LogP contribution in [0.1, 0.15) is 72.6 Å². The Morgan fingerprint density at radius 2 is 1.57 bits per heavy atom. The van der Waals surface area contributed by atoms with E-state index in [2.05, 4.69) is 51.7 Å². The van der Waals surface area contributed by atoms with Crippen molar-refractivity contribution >= 4 is 11.7 Å². The fourth-order valence-electron chi connectivity index (χ4n) is 3.82. The molecule has 1 atom stereocenters. The molecule has 30 heavy (non-hydrogen) atoms. The molecule has 0 saturated heterocycles. The molecule has 1 aromatic carbocycles. The van der Waals surface area contributed by atoms with E-state index >= 15 is 0 Å². The number of ketones is 1. The van der Waals surface area contributed by atoms with Gasteiger partial charge in [-0.25, -0.2) is 0 Å². The Bertz CT molecular complexity index is 806. The molecule has 1 aromatic rings. The zero-order valence-electron chi connectivity index (χ0n) is 19.9. The zero-order chi connectivity index (χ0) is 22.9. The summed E-state index contributed by atoms with van der Waals surface area (Å²) >= 11 is 0. The van der Waals surface area contributed by atoms with Crippen LogP contribution in [0.15, 0.2) is 35.6 Å². The number of carbonyl (C=O) groups excluding carboxylic acids is 2. The van der Waals surface area contributed by atoms with Gasteiger partial charge in [0.05, 0.1) is 11.6 Å². The van der Waals surface area contributed by atoms with Crippen molar-refractivity contribution in [2.45, 2.75) is 66.8 Å². The summed E-state index contributed by atoms with van der Waals surface area (Å²) in [5.74, 6) is -1.05. The summed E-state index contributed by atoms with van der Waals surface area (Å²) in [6, 6.07) is 7.51. The van der Waals surface area contributed by atoms with Gasteiger partial charge in [-0.2, -0.15) is 0 Å². The SMILES string of the molecule is CCN(CC)CCN1C(=O)C(O)=C(C(=O)C(C)(C)C)C1c1ccc(C(C)(C)C)cc1. The largest absolute Gasteiger partial charge is 0.503 e. The first-order valence-corrected chi connectivity index (χ1v) is 10.9. The van der Waals surface area contributed by atoms with Crippen molar-refractivity contribution in [2.24, 2.45) is 5.41 Å². The van der Waals surface area contributed by atoms with Crippen LogP contribution in [0.3, 0.4) is 0 Å². The molecule has 2 rings (SSSR count). The van der Waals surface area contributed by atoms with Gasteiger partial charge in [0.2, 0.25) is 0 Å². The van der Waals surface area contributed by atoms with Gasteiger partial charge >= 0.3 is 0 Å². The molecule has 0 aliphatic carbocycles. The lowest BCUT2D eigenvalue weighted by Crippen LogP contribution is -2.39. The Balaban J connectivity index is 2.50. The van der Waals surface area contributed by atoms with Gasteiger partial charge in [-0.15, -0.1) is 0 Å². The Kier molecular flexibility index (Phi) is 7.18. The lowest BCUT2D eigenvalue weighted by molar-refractivity contribution is -0.129. The number of hydrogen-bond donors (Lipinski definition) is 1. The van der Waals surface area contributed by atoms with Crippen molar-refractivity contribution in [3.8, 4) is 0 Å². The fraction of sp³-hybridized carbons (Fsp3) is 0.600. The zero-order valence-corrected chi connectivity index (χ0v) is 19.9. The Hall–Kier alpha value is -2.14. The van der Waals surface area contributed by atoms with Crippen molar-refractivity contribution < 1.29 is 14.7 Å². The number of Topliss-reactive ketones (excluding diaryl/α,β-unsaturated/α-hetero) is 1. The Morgan fingerprint density at radius 3 is 2.00 bits per heavy atom. The number of rotatable bonds is 7. The van der Waals surface area contributed by atoms with Crippen molar-refractivity contribution in [1.29, 1.82) is 0 Å². The van der Waals surface area contributed by atoms with Crippen LogP contribution < -0.4 is 0 Å². The van der Waals surface area contributed by atoms with Crippen LogP contribution in [0.2, 0.25) is 0 Å². The molecule has 1 unspecified atom stereocenters. The van der Waals surface area contributed by atoms with Crippen LogP contribution in [-0.4, -0.2) is 52.8 Å². The second-order valence-electron chi connectivity index (χ2n) is 10.1.